The summed E-state index contributed by atoms with van der Waals surface area (Å²) in [5.41, 5.74) is 2.72. The normalized spacial score (nSPS) is 25.8. The van der Waals surface area contributed by atoms with E-state index in [0.29, 0.717) is 12.2 Å². The number of anilines is 1. The molecule has 0 N–H and O–H groups in total. The lowest BCUT2D eigenvalue weighted by molar-refractivity contribution is -0.00521. The summed E-state index contributed by atoms with van der Waals surface area (Å²) in [4.78, 5) is 2.41. The molecule has 0 unspecified atom stereocenters. The van der Waals surface area contributed by atoms with E-state index in [0.717, 1.165) is 19.5 Å². The third-order valence-electron chi connectivity index (χ3n) is 3.13. The van der Waals surface area contributed by atoms with Gasteiger partial charge in [-0.1, -0.05) is 19.1 Å². The maximum absolute atomic E-state index is 5.74. The molecular formula is C14H21NO. The predicted molar refractivity (Wildman–Crippen MR) is 68.0 cm³/mol. The monoisotopic (exact) mass is 219 g/mol. The molecule has 0 spiro atoms. The fourth-order valence-corrected chi connectivity index (χ4v) is 2.33. The number of ether oxygens (including phenoxy) is 1. The number of aryl methyl sites for hydroxylation is 1. The van der Waals surface area contributed by atoms with Gasteiger partial charge in [0.05, 0.1) is 12.2 Å². The van der Waals surface area contributed by atoms with Gasteiger partial charge in [-0.05, 0) is 38.0 Å². The van der Waals surface area contributed by atoms with Crippen LogP contribution in [0.4, 0.5) is 5.69 Å². The van der Waals surface area contributed by atoms with Crippen molar-refractivity contribution in [2.24, 2.45) is 0 Å². The Morgan fingerprint density at radius 2 is 1.69 bits per heavy atom. The first-order valence-electron chi connectivity index (χ1n) is 6.18. The minimum atomic E-state index is 0.328. The Morgan fingerprint density at radius 1 is 1.12 bits per heavy atom. The van der Waals surface area contributed by atoms with Gasteiger partial charge in [0.15, 0.2) is 0 Å². The number of hydrogen-bond donors (Lipinski definition) is 0. The highest BCUT2D eigenvalue weighted by Gasteiger charge is 2.21. The van der Waals surface area contributed by atoms with Crippen molar-refractivity contribution in [1.29, 1.82) is 0 Å². The second kappa shape index (κ2) is 4.88. The topological polar surface area (TPSA) is 12.5 Å². The Hall–Kier alpha value is -1.02. The first-order valence-corrected chi connectivity index (χ1v) is 6.18. The van der Waals surface area contributed by atoms with Gasteiger partial charge in [-0.25, -0.2) is 0 Å². The Labute approximate surface area is 98.2 Å². The lowest BCUT2D eigenvalue weighted by Gasteiger charge is -2.36. The highest BCUT2D eigenvalue weighted by atomic mass is 16.5. The molecular weight excluding hydrogens is 198 g/mol. The van der Waals surface area contributed by atoms with Crippen LogP contribution in [0.15, 0.2) is 24.3 Å². The molecule has 2 nitrogen and oxygen atoms in total. The molecule has 16 heavy (non-hydrogen) atoms. The molecule has 1 aromatic carbocycles. The molecule has 1 aromatic rings. The minimum absolute atomic E-state index is 0.328. The fraction of sp³-hybridized carbons (Fsp3) is 0.571. The molecule has 1 aliphatic rings. The summed E-state index contributed by atoms with van der Waals surface area (Å²) in [7, 11) is 0. The lowest BCUT2D eigenvalue weighted by Crippen LogP contribution is -2.45. The Balaban J connectivity index is 2.10. The van der Waals surface area contributed by atoms with Crippen LogP contribution in [0.1, 0.15) is 26.3 Å². The van der Waals surface area contributed by atoms with Crippen LogP contribution >= 0.6 is 0 Å². The molecule has 2 heteroatoms. The summed E-state index contributed by atoms with van der Waals surface area (Å²) in [6.07, 6.45) is 1.76. The van der Waals surface area contributed by atoms with Crippen molar-refractivity contribution >= 4 is 5.69 Å². The average Bonchev–Trinajstić information content (AvgIpc) is 2.28. The number of rotatable bonds is 2. The van der Waals surface area contributed by atoms with Gasteiger partial charge in [0.1, 0.15) is 0 Å². The molecule has 0 aromatic heterocycles. The molecule has 88 valence electrons. The van der Waals surface area contributed by atoms with Crippen molar-refractivity contribution in [3.63, 3.8) is 0 Å². The Kier molecular flexibility index (Phi) is 3.49. The molecule has 0 aliphatic carbocycles. The van der Waals surface area contributed by atoms with Crippen molar-refractivity contribution in [3.05, 3.63) is 29.8 Å². The minimum Gasteiger partial charge on any atom is -0.372 e. The molecule has 2 atom stereocenters. The smallest absolute Gasteiger partial charge is 0.0726 e. The van der Waals surface area contributed by atoms with Crippen molar-refractivity contribution in [2.45, 2.75) is 39.4 Å². The van der Waals surface area contributed by atoms with Crippen molar-refractivity contribution < 1.29 is 4.74 Å². The second-order valence-electron chi connectivity index (χ2n) is 4.68. The van der Waals surface area contributed by atoms with Crippen molar-refractivity contribution in [2.75, 3.05) is 18.0 Å². The van der Waals surface area contributed by atoms with Gasteiger partial charge in [0.2, 0.25) is 0 Å². The van der Waals surface area contributed by atoms with Crippen LogP contribution in [0.5, 0.6) is 0 Å². The summed E-state index contributed by atoms with van der Waals surface area (Å²) >= 11 is 0. The molecule has 1 fully saturated rings. The van der Waals surface area contributed by atoms with Crippen LogP contribution in [-0.2, 0) is 11.2 Å². The summed E-state index contributed by atoms with van der Waals surface area (Å²) in [5, 5.41) is 0. The quantitative estimate of drug-likeness (QED) is 0.758. The number of morpholine rings is 1. The van der Waals surface area contributed by atoms with Crippen LogP contribution in [0.2, 0.25) is 0 Å². The predicted octanol–water partition coefficient (Wildman–Crippen LogP) is 2.86. The number of hydrogen-bond acceptors (Lipinski definition) is 2. The van der Waals surface area contributed by atoms with E-state index < -0.39 is 0 Å². The molecule has 0 bridgehead atoms. The summed E-state index contributed by atoms with van der Waals surface area (Å²) in [5.74, 6) is 0. The van der Waals surface area contributed by atoms with Gasteiger partial charge in [0, 0.05) is 18.8 Å². The summed E-state index contributed by atoms with van der Waals surface area (Å²) in [6, 6.07) is 8.90. The zero-order valence-electron chi connectivity index (χ0n) is 10.4. The average molecular weight is 219 g/mol. The van der Waals surface area contributed by atoms with E-state index in [1.54, 1.807) is 0 Å². The van der Waals surface area contributed by atoms with E-state index in [1.807, 2.05) is 0 Å². The van der Waals surface area contributed by atoms with E-state index >= 15 is 0 Å². The van der Waals surface area contributed by atoms with Gasteiger partial charge >= 0.3 is 0 Å². The second-order valence-corrected chi connectivity index (χ2v) is 4.68. The standard InChI is InChI=1S/C14H21NO/c1-4-13-5-7-14(8-6-13)15-9-11(2)16-12(3)10-15/h5-8,11-12H,4,9-10H2,1-3H3/t11-,12-/m1/s1. The zero-order chi connectivity index (χ0) is 11.5. The van der Waals surface area contributed by atoms with E-state index in [-0.39, 0.29) is 0 Å². The first-order chi connectivity index (χ1) is 7.69. The Bertz CT molecular complexity index is 323. The van der Waals surface area contributed by atoms with Gasteiger partial charge in [0.25, 0.3) is 0 Å². The molecule has 1 aliphatic heterocycles. The largest absolute Gasteiger partial charge is 0.372 e. The van der Waals surface area contributed by atoms with Crippen LogP contribution in [0.3, 0.4) is 0 Å². The maximum atomic E-state index is 5.74. The third kappa shape index (κ3) is 2.56. The fourth-order valence-electron chi connectivity index (χ4n) is 2.33. The van der Waals surface area contributed by atoms with Gasteiger partial charge in [-0.2, -0.15) is 0 Å². The molecule has 0 amide bonds. The highest BCUT2D eigenvalue weighted by Crippen LogP contribution is 2.20. The summed E-state index contributed by atoms with van der Waals surface area (Å²) < 4.78 is 5.74. The highest BCUT2D eigenvalue weighted by molar-refractivity contribution is 5.48. The molecule has 1 heterocycles. The van der Waals surface area contributed by atoms with Crippen LogP contribution in [0, 0.1) is 0 Å². The van der Waals surface area contributed by atoms with E-state index in [4.69, 9.17) is 4.74 Å². The molecule has 0 radical (unpaired) electrons. The van der Waals surface area contributed by atoms with Crippen molar-refractivity contribution in [1.82, 2.24) is 0 Å². The van der Waals surface area contributed by atoms with Crippen molar-refractivity contribution in [3.8, 4) is 0 Å². The molecule has 2 rings (SSSR count). The summed E-state index contributed by atoms with van der Waals surface area (Å²) in [6.45, 7) is 8.46. The third-order valence-corrected chi connectivity index (χ3v) is 3.13. The molecule has 0 saturated carbocycles. The van der Waals surface area contributed by atoms with Gasteiger partial charge in [-0.15, -0.1) is 0 Å². The van der Waals surface area contributed by atoms with Gasteiger partial charge in [-0.3, -0.25) is 0 Å². The SMILES string of the molecule is CCc1ccc(N2C[C@@H](C)O[C@H](C)C2)cc1. The maximum Gasteiger partial charge on any atom is 0.0726 e. The lowest BCUT2D eigenvalue weighted by atomic mass is 10.1. The van der Waals surface area contributed by atoms with E-state index in [2.05, 4.69) is 49.9 Å². The van der Waals surface area contributed by atoms with Crippen LogP contribution in [-0.4, -0.2) is 25.3 Å². The van der Waals surface area contributed by atoms with Crippen LogP contribution in [0.25, 0.3) is 0 Å². The van der Waals surface area contributed by atoms with Crippen LogP contribution < -0.4 is 4.90 Å². The van der Waals surface area contributed by atoms with Gasteiger partial charge < -0.3 is 9.64 Å². The van der Waals surface area contributed by atoms with E-state index in [1.165, 1.54) is 11.3 Å². The zero-order valence-corrected chi connectivity index (χ0v) is 10.4. The Morgan fingerprint density at radius 3 is 2.19 bits per heavy atom. The van der Waals surface area contributed by atoms with E-state index in [9.17, 15) is 0 Å². The number of nitrogens with zero attached hydrogens (tertiary/aromatic N) is 1. The number of benzene rings is 1. The molecule has 1 saturated heterocycles. The first kappa shape index (κ1) is 11.5.